The first-order valence-corrected chi connectivity index (χ1v) is 16.5. The summed E-state index contributed by atoms with van der Waals surface area (Å²) in [6.45, 7) is 15.2. The van der Waals surface area contributed by atoms with Crippen molar-refractivity contribution in [1.29, 1.82) is 0 Å². The fourth-order valence-corrected chi connectivity index (χ4v) is 10.1. The number of hydrogen-bond donors (Lipinski definition) is 2. The van der Waals surface area contributed by atoms with Crippen LogP contribution < -0.4 is 5.32 Å². The number of fused-ring (bicyclic) bond motifs is 7. The summed E-state index contributed by atoms with van der Waals surface area (Å²) in [6.07, 6.45) is 17.8. The summed E-state index contributed by atoms with van der Waals surface area (Å²) in [6, 6.07) is 0. The van der Waals surface area contributed by atoms with Gasteiger partial charge in [-0.05, 0) is 110 Å². The Morgan fingerprint density at radius 1 is 1.05 bits per heavy atom. The number of aliphatic hydroxyl groups is 1. The molecule has 0 bridgehead atoms. The molecule has 6 aliphatic rings. The molecular formula is C36H48N4O3. The Kier molecular flexibility index (Phi) is 6.21. The van der Waals surface area contributed by atoms with Crippen LogP contribution in [0.4, 0.5) is 0 Å². The van der Waals surface area contributed by atoms with Gasteiger partial charge in [-0.15, -0.1) is 5.10 Å². The summed E-state index contributed by atoms with van der Waals surface area (Å²) in [5.41, 5.74) is 4.53. The smallest absolute Gasteiger partial charge is 0.226 e. The number of carbonyl (C=O) groups excluding carboxylic acids is 2. The highest BCUT2D eigenvalue weighted by Crippen LogP contribution is 2.75. The molecule has 1 amide bonds. The van der Waals surface area contributed by atoms with Gasteiger partial charge in [-0.1, -0.05) is 57.6 Å². The fraction of sp³-hybridized carbons (Fsp3) is 0.667. The van der Waals surface area contributed by atoms with Crippen molar-refractivity contribution < 1.29 is 14.7 Å². The Hall–Kier alpha value is -2.96. The van der Waals surface area contributed by atoms with E-state index in [1.807, 2.05) is 17.8 Å². The third-order valence-electron chi connectivity index (χ3n) is 13.6. The van der Waals surface area contributed by atoms with Crippen LogP contribution in [0.5, 0.6) is 0 Å². The highest BCUT2D eigenvalue weighted by Gasteiger charge is 2.67. The van der Waals surface area contributed by atoms with Gasteiger partial charge in [0.05, 0.1) is 12.7 Å². The minimum atomic E-state index is -0.429. The number of nitrogens with zero attached hydrogens (tertiary/aromatic N) is 3. The van der Waals surface area contributed by atoms with Crippen molar-refractivity contribution in [1.82, 2.24) is 20.3 Å². The van der Waals surface area contributed by atoms with E-state index in [4.69, 9.17) is 0 Å². The van der Waals surface area contributed by atoms with Crippen molar-refractivity contribution >= 4 is 11.7 Å². The number of carbonyl (C=O) groups is 2. The van der Waals surface area contributed by atoms with Crippen molar-refractivity contribution in [2.75, 3.05) is 0 Å². The highest BCUT2D eigenvalue weighted by molar-refractivity contribution is 6.06. The van der Waals surface area contributed by atoms with E-state index in [0.717, 1.165) is 74.2 Å². The van der Waals surface area contributed by atoms with E-state index in [-0.39, 0.29) is 39.1 Å². The van der Waals surface area contributed by atoms with Crippen LogP contribution >= 0.6 is 0 Å². The second-order valence-corrected chi connectivity index (χ2v) is 16.2. The number of allylic oxidation sites excluding steroid dienone is 7. The fourth-order valence-electron chi connectivity index (χ4n) is 10.1. The molecule has 7 heteroatoms. The van der Waals surface area contributed by atoms with Gasteiger partial charge >= 0.3 is 0 Å². The quantitative estimate of drug-likeness (QED) is 0.391. The normalized spacial score (nSPS) is 40.4. The zero-order valence-electron chi connectivity index (χ0n) is 26.8. The zero-order chi connectivity index (χ0) is 30.6. The molecule has 6 atom stereocenters. The molecule has 0 aromatic carbocycles. The number of hydrogen-bond acceptors (Lipinski definition) is 5. The molecule has 4 saturated carbocycles. The SMILES string of the molecule is CC1=C(O)C(=O)C=C2C1=CC=C1[C@@]2(C)CC[C@@]2(C)[C@@H]3C[C@](C)(C(=O)NCc4cn(CC5CC5)nn4)CC[C@]3(C)CC[C@]12C. The average Bonchev–Trinajstić information content (AvgIpc) is 3.68. The molecule has 0 unspecified atom stereocenters. The number of amides is 1. The molecular weight excluding hydrogens is 536 g/mol. The maximum absolute atomic E-state index is 13.9. The van der Waals surface area contributed by atoms with E-state index >= 15 is 0 Å². The van der Waals surface area contributed by atoms with Gasteiger partial charge in [-0.2, -0.15) is 0 Å². The van der Waals surface area contributed by atoms with Crippen LogP contribution in [0.25, 0.3) is 0 Å². The summed E-state index contributed by atoms with van der Waals surface area (Å²) in [5.74, 6) is 0.879. The van der Waals surface area contributed by atoms with Crippen molar-refractivity contribution in [2.24, 2.45) is 38.9 Å². The highest BCUT2D eigenvalue weighted by atomic mass is 16.3. The first kappa shape index (κ1) is 28.8. The molecule has 43 heavy (non-hydrogen) atoms. The molecule has 1 aromatic rings. The van der Waals surface area contributed by atoms with Crippen LogP contribution in [-0.4, -0.2) is 31.8 Å². The van der Waals surface area contributed by atoms with Gasteiger partial charge in [0.1, 0.15) is 5.69 Å². The van der Waals surface area contributed by atoms with Crippen LogP contribution in [0.15, 0.2) is 52.5 Å². The van der Waals surface area contributed by atoms with E-state index < -0.39 is 5.41 Å². The predicted molar refractivity (Wildman–Crippen MR) is 166 cm³/mol. The Balaban J connectivity index is 1.16. The summed E-state index contributed by atoms with van der Waals surface area (Å²) < 4.78 is 1.92. The maximum atomic E-state index is 13.9. The molecule has 4 fully saturated rings. The lowest BCUT2D eigenvalue weighted by atomic mass is 9.34. The zero-order valence-corrected chi connectivity index (χ0v) is 26.8. The van der Waals surface area contributed by atoms with Crippen molar-refractivity contribution in [3.8, 4) is 0 Å². The number of ketones is 1. The average molecular weight is 585 g/mol. The lowest BCUT2D eigenvalue weighted by Crippen LogP contribution is -2.62. The number of aromatic nitrogens is 3. The molecule has 1 aromatic heterocycles. The minimum Gasteiger partial charge on any atom is -0.504 e. The molecule has 6 aliphatic carbocycles. The third kappa shape index (κ3) is 4.12. The number of aliphatic hydroxyl groups excluding tert-OH is 1. The first-order chi connectivity index (χ1) is 20.2. The van der Waals surface area contributed by atoms with E-state index in [9.17, 15) is 14.7 Å². The molecule has 230 valence electrons. The molecule has 2 N–H and O–H groups in total. The van der Waals surface area contributed by atoms with Gasteiger partial charge in [-0.3, -0.25) is 14.3 Å². The van der Waals surface area contributed by atoms with Gasteiger partial charge < -0.3 is 10.4 Å². The van der Waals surface area contributed by atoms with Crippen LogP contribution in [0.1, 0.15) is 105 Å². The van der Waals surface area contributed by atoms with Gasteiger partial charge in [0.2, 0.25) is 11.7 Å². The van der Waals surface area contributed by atoms with E-state index in [1.165, 1.54) is 18.4 Å². The van der Waals surface area contributed by atoms with Crippen LogP contribution in [0.3, 0.4) is 0 Å². The van der Waals surface area contributed by atoms with Crippen molar-refractivity contribution in [3.63, 3.8) is 0 Å². The Morgan fingerprint density at radius 3 is 2.53 bits per heavy atom. The molecule has 0 spiro atoms. The lowest BCUT2D eigenvalue weighted by molar-refractivity contribution is -0.169. The molecule has 0 radical (unpaired) electrons. The van der Waals surface area contributed by atoms with Crippen LogP contribution in [0, 0.1) is 38.9 Å². The molecule has 0 aliphatic heterocycles. The van der Waals surface area contributed by atoms with Crippen LogP contribution in [0.2, 0.25) is 0 Å². The Labute approximate surface area is 256 Å². The summed E-state index contributed by atoms with van der Waals surface area (Å²) in [7, 11) is 0. The second kappa shape index (κ2) is 9.28. The summed E-state index contributed by atoms with van der Waals surface area (Å²) in [4.78, 5) is 26.7. The first-order valence-electron chi connectivity index (χ1n) is 16.5. The minimum absolute atomic E-state index is 0.0242. The lowest BCUT2D eigenvalue weighted by Gasteiger charge is -2.70. The van der Waals surface area contributed by atoms with E-state index in [1.54, 1.807) is 6.08 Å². The van der Waals surface area contributed by atoms with Gasteiger partial charge in [0.15, 0.2) is 5.76 Å². The maximum Gasteiger partial charge on any atom is 0.226 e. The van der Waals surface area contributed by atoms with Crippen molar-refractivity contribution in [3.05, 3.63) is 58.2 Å². The second-order valence-electron chi connectivity index (χ2n) is 16.2. The predicted octanol–water partition coefficient (Wildman–Crippen LogP) is 6.93. The third-order valence-corrected chi connectivity index (χ3v) is 13.6. The number of nitrogens with one attached hydrogen (secondary N) is 1. The Bertz CT molecular complexity index is 1540. The van der Waals surface area contributed by atoms with E-state index in [2.05, 4.69) is 62.4 Å². The molecule has 7 rings (SSSR count). The topological polar surface area (TPSA) is 97.1 Å². The molecule has 1 heterocycles. The Morgan fingerprint density at radius 2 is 1.79 bits per heavy atom. The summed E-state index contributed by atoms with van der Waals surface area (Å²) >= 11 is 0. The summed E-state index contributed by atoms with van der Waals surface area (Å²) in [5, 5.41) is 22.3. The van der Waals surface area contributed by atoms with Gasteiger partial charge in [0.25, 0.3) is 0 Å². The largest absolute Gasteiger partial charge is 0.504 e. The monoisotopic (exact) mass is 584 g/mol. The molecule has 7 nitrogen and oxygen atoms in total. The van der Waals surface area contributed by atoms with E-state index in [0.29, 0.717) is 18.0 Å². The molecule has 0 saturated heterocycles. The van der Waals surface area contributed by atoms with Gasteiger partial charge in [-0.25, -0.2) is 0 Å². The van der Waals surface area contributed by atoms with Crippen LogP contribution in [-0.2, 0) is 22.7 Å². The standard InChI is InChI=1S/C36H48N4O3/c1-22-25-9-10-28-34(4,26(25)17-27(41)30(22)42)14-16-36(6)29-18-33(3,12-11-32(29,2)13-15-35(28,36)5)31(43)37-19-24-21-40(39-38-24)20-23-7-8-23/h9-10,17,21,23,29,42H,7-8,11-16,18-20H2,1-6H3,(H,37,43)/t29-,32-,33-,34+,35-,36+/m1/s1. The van der Waals surface area contributed by atoms with Gasteiger partial charge in [0, 0.05) is 22.9 Å². The number of rotatable bonds is 5. The van der Waals surface area contributed by atoms with Crippen molar-refractivity contribution in [2.45, 2.75) is 112 Å².